The summed E-state index contributed by atoms with van der Waals surface area (Å²) in [7, 11) is 0. The molecular weight excluding hydrogens is 264 g/mol. The fourth-order valence-corrected chi connectivity index (χ4v) is 3.46. The molecule has 0 saturated carbocycles. The lowest BCUT2D eigenvalue weighted by atomic mass is 10.1. The van der Waals surface area contributed by atoms with Crippen molar-refractivity contribution in [1.82, 2.24) is 9.97 Å². The summed E-state index contributed by atoms with van der Waals surface area (Å²) in [5, 5.41) is 2.15. The van der Waals surface area contributed by atoms with Crippen molar-refractivity contribution in [2.75, 3.05) is 0 Å². The van der Waals surface area contributed by atoms with Crippen molar-refractivity contribution in [3.05, 3.63) is 45.8 Å². The van der Waals surface area contributed by atoms with E-state index in [9.17, 15) is 0 Å². The number of aryl methyl sites for hydroxylation is 1. The van der Waals surface area contributed by atoms with Gasteiger partial charge in [-0.3, -0.25) is 4.98 Å². The van der Waals surface area contributed by atoms with E-state index >= 15 is 0 Å². The highest BCUT2D eigenvalue weighted by Crippen LogP contribution is 2.41. The number of fused-ring (bicyclic) bond motifs is 4. The highest BCUT2D eigenvalue weighted by atomic mass is 35.5. The minimum Gasteiger partial charge on any atom is -0.254 e. The molecule has 0 amide bonds. The Morgan fingerprint density at radius 2 is 2.17 bits per heavy atom. The Morgan fingerprint density at radius 3 is 3.06 bits per heavy atom. The first-order chi connectivity index (χ1) is 8.34. The molecular formula is C14H11ClN2S. The van der Waals surface area contributed by atoms with Crippen LogP contribution in [0.2, 0.25) is 0 Å². The average molecular weight is 275 g/mol. The van der Waals surface area contributed by atoms with Gasteiger partial charge in [-0.25, -0.2) is 4.98 Å². The molecule has 3 aromatic rings. The van der Waals surface area contributed by atoms with Gasteiger partial charge >= 0.3 is 0 Å². The second-order valence-electron chi connectivity index (χ2n) is 4.37. The molecule has 4 heteroatoms. The van der Waals surface area contributed by atoms with Gasteiger partial charge in [0.05, 0.1) is 16.7 Å². The molecule has 0 saturated heterocycles. The Hall–Kier alpha value is -1.45. The molecule has 0 fully saturated rings. The zero-order valence-corrected chi connectivity index (χ0v) is 11.4. The predicted molar refractivity (Wildman–Crippen MR) is 77.6 cm³/mol. The van der Waals surface area contributed by atoms with Crippen molar-refractivity contribution in [3.8, 4) is 11.3 Å². The summed E-state index contributed by atoms with van der Waals surface area (Å²) >= 11 is 1.82. The van der Waals surface area contributed by atoms with Crippen LogP contribution in [0.3, 0.4) is 0 Å². The van der Waals surface area contributed by atoms with E-state index in [2.05, 4.69) is 23.4 Å². The number of thiophene rings is 1. The highest BCUT2D eigenvalue weighted by molar-refractivity contribution is 7.10. The number of nitrogens with zero attached hydrogens (tertiary/aromatic N) is 2. The molecule has 90 valence electrons. The second-order valence-corrected chi connectivity index (χ2v) is 5.37. The van der Waals surface area contributed by atoms with Crippen LogP contribution in [-0.2, 0) is 6.42 Å². The molecule has 0 bridgehead atoms. The summed E-state index contributed by atoms with van der Waals surface area (Å²) in [6.45, 7) is 2.16. The number of pyridine rings is 2. The third-order valence-electron chi connectivity index (χ3n) is 3.45. The summed E-state index contributed by atoms with van der Waals surface area (Å²) in [6, 6.07) is 6.17. The number of rotatable bonds is 0. The summed E-state index contributed by atoms with van der Waals surface area (Å²) < 4.78 is 0. The van der Waals surface area contributed by atoms with E-state index in [1.54, 1.807) is 0 Å². The first kappa shape index (κ1) is 11.6. The van der Waals surface area contributed by atoms with E-state index in [1.807, 2.05) is 29.7 Å². The number of aromatic nitrogens is 2. The molecule has 3 aromatic heterocycles. The van der Waals surface area contributed by atoms with Crippen LogP contribution >= 0.6 is 23.7 Å². The monoisotopic (exact) mass is 274 g/mol. The van der Waals surface area contributed by atoms with Crippen molar-refractivity contribution >= 4 is 34.8 Å². The maximum Gasteiger partial charge on any atom is 0.0919 e. The van der Waals surface area contributed by atoms with E-state index in [0.29, 0.717) is 0 Å². The van der Waals surface area contributed by atoms with Gasteiger partial charge in [0, 0.05) is 23.1 Å². The molecule has 0 radical (unpaired) electrons. The fraction of sp³-hybridized carbons (Fsp3) is 0.143. The van der Waals surface area contributed by atoms with Gasteiger partial charge in [0.25, 0.3) is 0 Å². The van der Waals surface area contributed by atoms with Gasteiger partial charge in [0.2, 0.25) is 0 Å². The summed E-state index contributed by atoms with van der Waals surface area (Å²) in [4.78, 5) is 10.7. The van der Waals surface area contributed by atoms with Crippen LogP contribution in [0.1, 0.15) is 16.0 Å². The maximum atomic E-state index is 4.77. The van der Waals surface area contributed by atoms with Gasteiger partial charge < -0.3 is 0 Å². The molecule has 0 aromatic carbocycles. The Bertz CT molecular complexity index is 749. The maximum absolute atomic E-state index is 4.77. The summed E-state index contributed by atoms with van der Waals surface area (Å²) in [6.07, 6.45) is 2.86. The molecule has 1 aliphatic rings. The zero-order chi connectivity index (χ0) is 11.4. The van der Waals surface area contributed by atoms with Crippen LogP contribution in [0.25, 0.3) is 22.3 Å². The largest absolute Gasteiger partial charge is 0.254 e. The lowest BCUT2D eigenvalue weighted by Crippen LogP contribution is -1.94. The van der Waals surface area contributed by atoms with Crippen LogP contribution in [0.15, 0.2) is 29.8 Å². The van der Waals surface area contributed by atoms with Crippen molar-refractivity contribution < 1.29 is 0 Å². The zero-order valence-electron chi connectivity index (χ0n) is 9.80. The molecule has 18 heavy (non-hydrogen) atoms. The molecule has 0 atom stereocenters. The summed E-state index contributed by atoms with van der Waals surface area (Å²) in [5.41, 5.74) is 7.18. The van der Waals surface area contributed by atoms with Crippen LogP contribution in [0, 0.1) is 6.92 Å². The van der Waals surface area contributed by atoms with Crippen molar-refractivity contribution in [2.24, 2.45) is 0 Å². The first-order valence-corrected chi connectivity index (χ1v) is 6.53. The molecule has 0 spiro atoms. The normalized spacial score (nSPS) is 12.1. The number of halogens is 1. The van der Waals surface area contributed by atoms with Crippen LogP contribution in [0.4, 0.5) is 0 Å². The van der Waals surface area contributed by atoms with E-state index in [-0.39, 0.29) is 12.4 Å². The van der Waals surface area contributed by atoms with Crippen LogP contribution in [0.5, 0.6) is 0 Å². The fourth-order valence-electron chi connectivity index (χ4n) is 2.57. The molecule has 2 nitrogen and oxygen atoms in total. The number of hydrogen-bond donors (Lipinski definition) is 0. The summed E-state index contributed by atoms with van der Waals surface area (Å²) in [5.74, 6) is 0. The molecule has 1 aliphatic carbocycles. The van der Waals surface area contributed by atoms with Gasteiger partial charge in [0.15, 0.2) is 0 Å². The Morgan fingerprint density at radius 1 is 1.28 bits per heavy atom. The van der Waals surface area contributed by atoms with Crippen molar-refractivity contribution in [1.29, 1.82) is 0 Å². The van der Waals surface area contributed by atoms with Gasteiger partial charge in [-0.05, 0) is 41.6 Å². The smallest absolute Gasteiger partial charge is 0.0919 e. The molecule has 4 rings (SSSR count). The topological polar surface area (TPSA) is 25.8 Å². The SMILES string of the molecule is Cc1c2c(nc3cccnc13)-c1ccsc1C2.Cl. The van der Waals surface area contributed by atoms with Crippen molar-refractivity contribution in [2.45, 2.75) is 13.3 Å². The van der Waals surface area contributed by atoms with Crippen molar-refractivity contribution in [3.63, 3.8) is 0 Å². The van der Waals surface area contributed by atoms with Gasteiger partial charge in [-0.2, -0.15) is 0 Å². The standard InChI is InChI=1S/C14H10N2S.ClH/c1-8-10-7-12-9(4-6-17-12)14(10)16-11-3-2-5-15-13(8)11;/h2-6H,7H2,1H3;1H. The van der Waals surface area contributed by atoms with E-state index in [4.69, 9.17) is 4.98 Å². The van der Waals surface area contributed by atoms with Crippen LogP contribution < -0.4 is 0 Å². The van der Waals surface area contributed by atoms with Gasteiger partial charge in [-0.15, -0.1) is 23.7 Å². The third-order valence-corrected chi connectivity index (χ3v) is 4.37. The minimum atomic E-state index is 0. The molecule has 0 unspecified atom stereocenters. The lowest BCUT2D eigenvalue weighted by Gasteiger charge is -2.07. The third kappa shape index (κ3) is 1.41. The Labute approximate surface area is 115 Å². The Kier molecular flexibility index (Phi) is 2.61. The average Bonchev–Trinajstić information content (AvgIpc) is 2.91. The molecule has 3 heterocycles. The van der Waals surface area contributed by atoms with E-state index in [0.717, 1.165) is 17.5 Å². The van der Waals surface area contributed by atoms with Gasteiger partial charge in [-0.1, -0.05) is 0 Å². The number of hydrogen-bond acceptors (Lipinski definition) is 3. The van der Waals surface area contributed by atoms with Crippen LogP contribution in [-0.4, -0.2) is 9.97 Å². The van der Waals surface area contributed by atoms with Gasteiger partial charge in [0.1, 0.15) is 0 Å². The minimum absolute atomic E-state index is 0. The lowest BCUT2D eigenvalue weighted by molar-refractivity contribution is 1.21. The van der Waals surface area contributed by atoms with E-state index in [1.165, 1.54) is 27.3 Å². The predicted octanol–water partition coefficient (Wildman–Crippen LogP) is 3.99. The molecule has 0 aliphatic heterocycles. The Balaban J connectivity index is 0.000001000. The van der Waals surface area contributed by atoms with E-state index < -0.39 is 0 Å². The highest BCUT2D eigenvalue weighted by Gasteiger charge is 2.24. The first-order valence-electron chi connectivity index (χ1n) is 5.65. The second kappa shape index (κ2) is 4.04. The molecule has 0 N–H and O–H groups in total. The quantitative estimate of drug-likeness (QED) is 0.484.